The van der Waals surface area contributed by atoms with Crippen LogP contribution in [0.2, 0.25) is 0 Å². The summed E-state index contributed by atoms with van der Waals surface area (Å²) in [6, 6.07) is 13.0. The Kier molecular flexibility index (Phi) is 4.22. The number of nitrogens with zero attached hydrogens (tertiary/aromatic N) is 1. The van der Waals surface area contributed by atoms with Crippen LogP contribution in [0, 0.1) is 0 Å². The van der Waals surface area contributed by atoms with Gasteiger partial charge in [0.25, 0.3) is 5.91 Å². The van der Waals surface area contributed by atoms with E-state index in [9.17, 15) is 9.59 Å². The summed E-state index contributed by atoms with van der Waals surface area (Å²) in [5.41, 5.74) is 7.00. The Morgan fingerprint density at radius 2 is 1.86 bits per heavy atom. The Morgan fingerprint density at radius 1 is 1.00 bits per heavy atom. The molecule has 2 N–H and O–H groups in total. The van der Waals surface area contributed by atoms with Crippen LogP contribution >= 0.6 is 22.7 Å². The second kappa shape index (κ2) is 6.88. The number of aryl methyl sites for hydroxylation is 2. The molecule has 0 unspecified atom stereocenters. The summed E-state index contributed by atoms with van der Waals surface area (Å²) in [4.78, 5) is 31.0. The molecule has 2 amide bonds. The first kappa shape index (κ1) is 17.2. The highest BCUT2D eigenvalue weighted by molar-refractivity contribution is 7.21. The first-order chi connectivity index (χ1) is 13.7. The lowest BCUT2D eigenvalue weighted by molar-refractivity contribution is 0.0833. The second-order valence-electron chi connectivity index (χ2n) is 6.47. The Balaban J connectivity index is 1.26. The van der Waals surface area contributed by atoms with Crippen molar-refractivity contribution < 1.29 is 14.0 Å². The minimum atomic E-state index is -0.509. The molecule has 1 aliphatic rings. The zero-order chi connectivity index (χ0) is 19.1. The van der Waals surface area contributed by atoms with E-state index >= 15 is 0 Å². The van der Waals surface area contributed by atoms with Gasteiger partial charge in [-0.25, -0.2) is 4.98 Å². The van der Waals surface area contributed by atoms with Gasteiger partial charge in [-0.15, -0.1) is 22.7 Å². The number of aromatic nitrogens is 1. The highest BCUT2D eigenvalue weighted by Gasteiger charge is 2.20. The summed E-state index contributed by atoms with van der Waals surface area (Å²) >= 11 is 2.98. The number of fused-ring (bicyclic) bond motifs is 2. The Hall–Kier alpha value is -2.97. The van der Waals surface area contributed by atoms with Gasteiger partial charge in [0.15, 0.2) is 16.5 Å². The third-order valence-corrected chi connectivity index (χ3v) is 6.88. The third-order valence-electron chi connectivity index (χ3n) is 4.59. The van der Waals surface area contributed by atoms with Crippen molar-refractivity contribution in [1.82, 2.24) is 15.8 Å². The SMILES string of the molecule is O=C(NNC(=O)c1cc2c(s1)CCC2)c1ccc(-c2nc3ccccc3s2)o1. The quantitative estimate of drug-likeness (QED) is 0.497. The summed E-state index contributed by atoms with van der Waals surface area (Å²) in [6.07, 6.45) is 3.20. The first-order valence-corrected chi connectivity index (χ1v) is 10.5. The zero-order valence-corrected chi connectivity index (χ0v) is 16.3. The average molecular weight is 409 g/mol. The minimum Gasteiger partial charge on any atom is -0.448 e. The van der Waals surface area contributed by atoms with Gasteiger partial charge < -0.3 is 4.42 Å². The normalized spacial score (nSPS) is 12.9. The molecule has 0 saturated carbocycles. The van der Waals surface area contributed by atoms with Crippen LogP contribution in [0.4, 0.5) is 0 Å². The molecule has 3 aromatic heterocycles. The van der Waals surface area contributed by atoms with Crippen molar-refractivity contribution in [3.63, 3.8) is 0 Å². The molecule has 4 aromatic rings. The van der Waals surface area contributed by atoms with Crippen LogP contribution in [0.15, 0.2) is 46.9 Å². The number of para-hydroxylation sites is 1. The van der Waals surface area contributed by atoms with Gasteiger partial charge in [-0.3, -0.25) is 20.4 Å². The topological polar surface area (TPSA) is 84.2 Å². The monoisotopic (exact) mass is 409 g/mol. The molecule has 1 aliphatic carbocycles. The lowest BCUT2D eigenvalue weighted by atomic mass is 10.2. The van der Waals surface area contributed by atoms with Gasteiger partial charge in [0, 0.05) is 4.88 Å². The molecule has 0 bridgehead atoms. The van der Waals surface area contributed by atoms with Crippen molar-refractivity contribution in [3.8, 4) is 10.8 Å². The van der Waals surface area contributed by atoms with Crippen LogP contribution < -0.4 is 10.9 Å². The van der Waals surface area contributed by atoms with Gasteiger partial charge in [0.2, 0.25) is 0 Å². The first-order valence-electron chi connectivity index (χ1n) is 8.85. The summed E-state index contributed by atoms with van der Waals surface area (Å²) < 4.78 is 6.69. The predicted molar refractivity (Wildman–Crippen MR) is 109 cm³/mol. The van der Waals surface area contributed by atoms with Crippen molar-refractivity contribution in [3.05, 3.63) is 63.5 Å². The van der Waals surface area contributed by atoms with E-state index in [1.54, 1.807) is 12.1 Å². The van der Waals surface area contributed by atoms with Gasteiger partial charge >= 0.3 is 5.91 Å². The smallest absolute Gasteiger partial charge is 0.305 e. The third kappa shape index (κ3) is 3.10. The van der Waals surface area contributed by atoms with E-state index in [2.05, 4.69) is 15.8 Å². The minimum absolute atomic E-state index is 0.114. The molecular formula is C20H15N3O3S2. The number of furan rings is 1. The summed E-state index contributed by atoms with van der Waals surface area (Å²) in [6.45, 7) is 0. The highest BCUT2D eigenvalue weighted by Crippen LogP contribution is 2.31. The van der Waals surface area contributed by atoms with Gasteiger partial charge in [-0.05, 0) is 55.2 Å². The van der Waals surface area contributed by atoms with E-state index in [-0.39, 0.29) is 11.7 Å². The fraction of sp³-hybridized carbons (Fsp3) is 0.150. The van der Waals surface area contributed by atoms with Crippen molar-refractivity contribution in [2.24, 2.45) is 0 Å². The van der Waals surface area contributed by atoms with E-state index in [0.29, 0.717) is 15.6 Å². The lowest BCUT2D eigenvalue weighted by Gasteiger charge is -2.04. The van der Waals surface area contributed by atoms with Gasteiger partial charge in [-0.2, -0.15) is 0 Å². The second-order valence-corrected chi connectivity index (χ2v) is 8.64. The standard InChI is InChI=1S/C20H15N3O3S2/c24-18(22-23-19(25)17-10-11-4-3-7-15(11)27-17)13-8-9-14(26-13)20-21-12-5-1-2-6-16(12)28-20/h1-2,5-6,8-10H,3-4,7H2,(H,22,24)(H,23,25). The number of thiazole rings is 1. The Bertz CT molecular complexity index is 1150. The molecule has 8 heteroatoms. The van der Waals surface area contributed by atoms with Crippen LogP contribution in [0.5, 0.6) is 0 Å². The number of carbonyl (C=O) groups excluding carboxylic acids is 2. The summed E-state index contributed by atoms with van der Waals surface area (Å²) in [7, 11) is 0. The summed E-state index contributed by atoms with van der Waals surface area (Å²) in [5, 5.41) is 0.706. The zero-order valence-electron chi connectivity index (χ0n) is 14.7. The number of hydrazine groups is 1. The molecule has 0 radical (unpaired) electrons. The van der Waals surface area contributed by atoms with E-state index in [1.165, 1.54) is 33.1 Å². The highest BCUT2D eigenvalue weighted by atomic mass is 32.1. The molecule has 0 atom stereocenters. The van der Waals surface area contributed by atoms with Crippen LogP contribution in [0.3, 0.4) is 0 Å². The number of rotatable bonds is 3. The van der Waals surface area contributed by atoms with Crippen LogP contribution in [0.25, 0.3) is 21.0 Å². The molecule has 0 aliphatic heterocycles. The number of carbonyl (C=O) groups is 2. The molecular weight excluding hydrogens is 394 g/mol. The van der Waals surface area contributed by atoms with Gasteiger partial charge in [0.1, 0.15) is 0 Å². The van der Waals surface area contributed by atoms with Gasteiger partial charge in [-0.1, -0.05) is 12.1 Å². The number of thiophene rings is 1. The number of benzene rings is 1. The van der Waals surface area contributed by atoms with E-state index in [1.807, 2.05) is 30.3 Å². The predicted octanol–water partition coefficient (Wildman–Crippen LogP) is 4.18. The maximum atomic E-state index is 12.3. The van der Waals surface area contributed by atoms with Gasteiger partial charge in [0.05, 0.1) is 15.1 Å². The van der Waals surface area contributed by atoms with Crippen LogP contribution in [0.1, 0.15) is 37.1 Å². The molecule has 6 nitrogen and oxygen atoms in total. The molecule has 28 heavy (non-hydrogen) atoms. The van der Waals surface area contributed by atoms with Crippen LogP contribution in [-0.2, 0) is 12.8 Å². The van der Waals surface area contributed by atoms with E-state index in [4.69, 9.17) is 4.42 Å². The van der Waals surface area contributed by atoms with Crippen molar-refractivity contribution in [1.29, 1.82) is 0 Å². The lowest BCUT2D eigenvalue weighted by Crippen LogP contribution is -2.41. The molecule has 3 heterocycles. The number of hydrogen-bond donors (Lipinski definition) is 2. The number of nitrogens with one attached hydrogen (secondary N) is 2. The summed E-state index contributed by atoms with van der Waals surface area (Å²) in [5.74, 6) is -0.189. The largest absolute Gasteiger partial charge is 0.448 e. The van der Waals surface area contributed by atoms with E-state index < -0.39 is 5.91 Å². The number of hydrogen-bond acceptors (Lipinski definition) is 6. The molecule has 0 spiro atoms. The van der Waals surface area contributed by atoms with Crippen molar-refractivity contribution >= 4 is 44.7 Å². The molecule has 5 rings (SSSR count). The molecule has 0 fully saturated rings. The molecule has 1 aromatic carbocycles. The Labute approximate surface area is 168 Å². The molecule has 0 saturated heterocycles. The van der Waals surface area contributed by atoms with Crippen LogP contribution in [-0.4, -0.2) is 16.8 Å². The molecule has 140 valence electrons. The fourth-order valence-electron chi connectivity index (χ4n) is 3.23. The van der Waals surface area contributed by atoms with E-state index in [0.717, 1.165) is 29.5 Å². The fourth-order valence-corrected chi connectivity index (χ4v) is 5.31. The number of amides is 2. The van der Waals surface area contributed by atoms with Crippen molar-refractivity contribution in [2.45, 2.75) is 19.3 Å². The average Bonchev–Trinajstić information content (AvgIpc) is 3.47. The maximum Gasteiger partial charge on any atom is 0.305 e. The Morgan fingerprint density at radius 3 is 2.71 bits per heavy atom. The maximum absolute atomic E-state index is 12.3. The van der Waals surface area contributed by atoms with Crippen molar-refractivity contribution in [2.75, 3.05) is 0 Å².